The summed E-state index contributed by atoms with van der Waals surface area (Å²) >= 11 is 1.33. The minimum atomic E-state index is -3.45. The van der Waals surface area contributed by atoms with Gasteiger partial charge in [-0.1, -0.05) is 17.3 Å². The molecule has 1 aliphatic rings. The molecule has 2 aromatic rings. The van der Waals surface area contributed by atoms with Gasteiger partial charge in [-0.15, -0.1) is 6.42 Å². The van der Waals surface area contributed by atoms with Crippen molar-refractivity contribution in [1.29, 1.82) is 0 Å². The number of aromatic nitrogens is 1. The van der Waals surface area contributed by atoms with Gasteiger partial charge < -0.3 is 9.30 Å². The number of ether oxygens (including phenoxy) is 1. The number of sulfonamides is 1. The lowest BCUT2D eigenvalue weighted by Crippen LogP contribution is -2.39. The fourth-order valence-electron chi connectivity index (χ4n) is 3.19. The maximum Gasteiger partial charge on any atom is 0.266 e. The van der Waals surface area contributed by atoms with E-state index in [1.54, 1.807) is 4.57 Å². The molecule has 0 N–H and O–H groups in total. The van der Waals surface area contributed by atoms with E-state index in [0.29, 0.717) is 30.8 Å². The second-order valence-electron chi connectivity index (χ2n) is 6.22. The first-order chi connectivity index (χ1) is 12.8. The Morgan fingerprint density at radius 1 is 1.48 bits per heavy atom. The number of nitrogens with zero attached hydrogens (tertiary/aromatic N) is 3. The third-order valence-corrected chi connectivity index (χ3v) is 6.67. The minimum absolute atomic E-state index is 0.264. The summed E-state index contributed by atoms with van der Waals surface area (Å²) < 4.78 is 33.2. The van der Waals surface area contributed by atoms with E-state index < -0.39 is 22.0 Å². The summed E-state index contributed by atoms with van der Waals surface area (Å²) in [7, 11) is -3.45. The Morgan fingerprint density at radius 2 is 2.26 bits per heavy atom. The van der Waals surface area contributed by atoms with E-state index >= 15 is 0 Å². The third kappa shape index (κ3) is 4.08. The Balaban J connectivity index is 2.05. The monoisotopic (exact) mass is 407 g/mol. The molecular weight excluding hydrogens is 386 g/mol. The zero-order chi connectivity index (χ0) is 19.6. The van der Waals surface area contributed by atoms with Crippen LogP contribution in [0.1, 0.15) is 19.8 Å². The highest BCUT2D eigenvalue weighted by Crippen LogP contribution is 2.24. The van der Waals surface area contributed by atoms with Gasteiger partial charge in [-0.25, -0.2) is 8.42 Å². The van der Waals surface area contributed by atoms with E-state index in [1.807, 2.05) is 25.1 Å². The van der Waals surface area contributed by atoms with Crippen LogP contribution in [0.2, 0.25) is 0 Å². The van der Waals surface area contributed by atoms with Crippen LogP contribution in [-0.4, -0.2) is 48.6 Å². The molecule has 1 saturated heterocycles. The molecule has 1 atom stereocenters. The van der Waals surface area contributed by atoms with Crippen molar-refractivity contribution >= 4 is 37.5 Å². The van der Waals surface area contributed by atoms with Gasteiger partial charge in [0.15, 0.2) is 4.80 Å². The molecule has 0 aliphatic carbocycles. The Labute approximate surface area is 162 Å². The normalized spacial score (nSPS) is 18.7. The van der Waals surface area contributed by atoms with Crippen molar-refractivity contribution in [2.75, 3.05) is 19.4 Å². The molecule has 9 heteroatoms. The topological polar surface area (TPSA) is 81.0 Å². The van der Waals surface area contributed by atoms with Crippen LogP contribution >= 0.6 is 11.3 Å². The molecule has 7 nitrogen and oxygen atoms in total. The number of hydrogen-bond acceptors (Lipinski definition) is 5. The average Bonchev–Trinajstić information content (AvgIpc) is 3.21. The van der Waals surface area contributed by atoms with Crippen LogP contribution < -0.4 is 9.54 Å². The standard InChI is InChI=1S/C18H21N3O4S2/c1-4-10-20-14-9-8-13(25-5-2)12-16(14)26-18(20)19-17(22)15-7-6-11-21(15)27(3,23)24/h1,8-9,12,15H,5-7,10-11H2,2-3H3. The highest BCUT2D eigenvalue weighted by molar-refractivity contribution is 7.88. The molecule has 0 bridgehead atoms. The molecule has 1 unspecified atom stereocenters. The van der Waals surface area contributed by atoms with Crippen molar-refractivity contribution in [3.05, 3.63) is 23.0 Å². The van der Waals surface area contributed by atoms with Gasteiger partial charge in [0, 0.05) is 6.54 Å². The van der Waals surface area contributed by atoms with E-state index in [1.165, 1.54) is 15.6 Å². The summed E-state index contributed by atoms with van der Waals surface area (Å²) in [5, 5.41) is 0. The number of carbonyl (C=O) groups is 1. The summed E-state index contributed by atoms with van der Waals surface area (Å²) in [5.41, 5.74) is 0.861. The number of carbonyl (C=O) groups excluding carboxylic acids is 1. The van der Waals surface area contributed by atoms with Crippen molar-refractivity contribution in [2.45, 2.75) is 32.4 Å². The average molecular weight is 408 g/mol. The highest BCUT2D eigenvalue weighted by atomic mass is 32.2. The molecule has 1 amide bonds. The second kappa shape index (κ2) is 7.84. The van der Waals surface area contributed by atoms with E-state index in [0.717, 1.165) is 22.2 Å². The molecular formula is C18H21N3O4S2. The van der Waals surface area contributed by atoms with Gasteiger partial charge in [-0.2, -0.15) is 9.30 Å². The SMILES string of the molecule is C#CCn1c(=NC(=O)C2CCCN2S(C)(=O)=O)sc2cc(OCC)ccc21. The number of terminal acetylenes is 1. The van der Waals surface area contributed by atoms with Gasteiger partial charge >= 0.3 is 0 Å². The Kier molecular flexibility index (Phi) is 5.69. The van der Waals surface area contributed by atoms with Crippen LogP contribution in [0.15, 0.2) is 23.2 Å². The quantitative estimate of drug-likeness (QED) is 0.705. The van der Waals surface area contributed by atoms with Gasteiger partial charge in [0.2, 0.25) is 10.0 Å². The molecule has 27 heavy (non-hydrogen) atoms. The fourth-order valence-corrected chi connectivity index (χ4v) is 5.37. The van der Waals surface area contributed by atoms with Crippen LogP contribution in [0.25, 0.3) is 10.2 Å². The van der Waals surface area contributed by atoms with Crippen molar-refractivity contribution in [2.24, 2.45) is 4.99 Å². The molecule has 1 aliphatic heterocycles. The minimum Gasteiger partial charge on any atom is -0.494 e. The van der Waals surface area contributed by atoms with Crippen LogP contribution in [-0.2, 0) is 21.4 Å². The predicted octanol–water partition coefficient (Wildman–Crippen LogP) is 1.59. The first kappa shape index (κ1) is 19.6. The van der Waals surface area contributed by atoms with Crippen LogP contribution in [0, 0.1) is 12.3 Å². The number of thiazole rings is 1. The number of fused-ring (bicyclic) bond motifs is 1. The Hall–Kier alpha value is -2.15. The van der Waals surface area contributed by atoms with Gasteiger partial charge in [-0.3, -0.25) is 4.79 Å². The number of benzene rings is 1. The predicted molar refractivity (Wildman–Crippen MR) is 105 cm³/mol. The molecule has 2 heterocycles. The van der Waals surface area contributed by atoms with Gasteiger partial charge in [0.25, 0.3) is 5.91 Å². The number of amides is 1. The summed E-state index contributed by atoms with van der Waals surface area (Å²) in [6.07, 6.45) is 7.72. The van der Waals surface area contributed by atoms with E-state index in [4.69, 9.17) is 11.2 Å². The molecule has 0 radical (unpaired) electrons. The van der Waals surface area contributed by atoms with Gasteiger partial charge in [0.05, 0.1) is 29.6 Å². The Morgan fingerprint density at radius 3 is 2.93 bits per heavy atom. The lowest BCUT2D eigenvalue weighted by molar-refractivity contribution is -0.121. The zero-order valence-electron chi connectivity index (χ0n) is 15.2. The molecule has 0 spiro atoms. The van der Waals surface area contributed by atoms with E-state index in [-0.39, 0.29) is 6.54 Å². The molecule has 3 rings (SSSR count). The summed E-state index contributed by atoms with van der Waals surface area (Å²) in [5.74, 6) is 2.85. The van der Waals surface area contributed by atoms with Crippen LogP contribution in [0.4, 0.5) is 0 Å². The highest BCUT2D eigenvalue weighted by Gasteiger charge is 2.36. The van der Waals surface area contributed by atoms with Crippen LogP contribution in [0.3, 0.4) is 0 Å². The fraction of sp³-hybridized carbons (Fsp3) is 0.444. The first-order valence-electron chi connectivity index (χ1n) is 8.60. The van der Waals surface area contributed by atoms with Crippen molar-refractivity contribution in [1.82, 2.24) is 8.87 Å². The smallest absolute Gasteiger partial charge is 0.266 e. The van der Waals surface area contributed by atoms with Crippen LogP contribution in [0.5, 0.6) is 5.75 Å². The maximum atomic E-state index is 12.7. The molecule has 144 valence electrons. The molecule has 0 saturated carbocycles. The third-order valence-electron chi connectivity index (χ3n) is 4.34. The molecule has 1 aromatic carbocycles. The van der Waals surface area contributed by atoms with E-state index in [2.05, 4.69) is 10.9 Å². The van der Waals surface area contributed by atoms with Gasteiger partial charge in [-0.05, 0) is 38.0 Å². The van der Waals surface area contributed by atoms with E-state index in [9.17, 15) is 13.2 Å². The first-order valence-corrected chi connectivity index (χ1v) is 11.3. The Bertz CT molecular complexity index is 1080. The largest absolute Gasteiger partial charge is 0.494 e. The number of hydrogen-bond donors (Lipinski definition) is 0. The summed E-state index contributed by atoms with van der Waals surface area (Å²) in [4.78, 5) is 17.4. The molecule has 1 fully saturated rings. The summed E-state index contributed by atoms with van der Waals surface area (Å²) in [6, 6.07) is 4.87. The number of rotatable bonds is 5. The zero-order valence-corrected chi connectivity index (χ0v) is 16.8. The summed E-state index contributed by atoms with van der Waals surface area (Å²) in [6.45, 7) is 3.07. The second-order valence-corrected chi connectivity index (χ2v) is 9.16. The van der Waals surface area contributed by atoms with Crippen molar-refractivity contribution in [3.8, 4) is 18.1 Å². The van der Waals surface area contributed by atoms with Gasteiger partial charge in [0.1, 0.15) is 11.8 Å². The lowest BCUT2D eigenvalue weighted by atomic mass is 10.2. The van der Waals surface area contributed by atoms with Crippen molar-refractivity contribution < 1.29 is 17.9 Å². The maximum absolute atomic E-state index is 12.7. The lowest BCUT2D eigenvalue weighted by Gasteiger charge is -2.18. The molecule has 1 aromatic heterocycles. The van der Waals surface area contributed by atoms with Crippen molar-refractivity contribution in [3.63, 3.8) is 0 Å².